The second-order valence-electron chi connectivity index (χ2n) is 20.3. The summed E-state index contributed by atoms with van der Waals surface area (Å²) in [4.78, 5) is 0. The van der Waals surface area contributed by atoms with E-state index in [9.17, 15) is 0 Å². The minimum atomic E-state index is -0.165. The van der Waals surface area contributed by atoms with Crippen LogP contribution >= 0.6 is 0 Å². The molecule has 0 fully saturated rings. The maximum atomic E-state index is 2.52. The van der Waals surface area contributed by atoms with Crippen molar-refractivity contribution in [1.29, 1.82) is 0 Å². The van der Waals surface area contributed by atoms with E-state index in [1.807, 2.05) is 0 Å². The van der Waals surface area contributed by atoms with Crippen LogP contribution in [0.1, 0.15) is 119 Å². The van der Waals surface area contributed by atoms with Crippen molar-refractivity contribution < 1.29 is 0 Å². The summed E-state index contributed by atoms with van der Waals surface area (Å²) in [7, 11) is 0. The lowest BCUT2D eigenvalue weighted by Crippen LogP contribution is -2.16. The zero-order valence-electron chi connectivity index (χ0n) is 36.7. The number of fused-ring (bicyclic) bond motifs is 6. The van der Waals surface area contributed by atoms with Gasteiger partial charge in [0, 0.05) is 10.8 Å². The van der Waals surface area contributed by atoms with Gasteiger partial charge in [0.25, 0.3) is 0 Å². The predicted octanol–water partition coefficient (Wildman–Crippen LogP) is 16.0. The van der Waals surface area contributed by atoms with Gasteiger partial charge in [0.1, 0.15) is 0 Å². The first-order valence-corrected chi connectivity index (χ1v) is 21.6. The maximum Gasteiger partial charge on any atom is 0.0159 e. The van der Waals surface area contributed by atoms with Crippen molar-refractivity contribution >= 4 is 11.6 Å². The topological polar surface area (TPSA) is 0 Å². The molecule has 0 saturated carbocycles. The summed E-state index contributed by atoms with van der Waals surface area (Å²) in [6.07, 6.45) is 3.29. The van der Waals surface area contributed by atoms with Crippen LogP contribution in [0.2, 0.25) is 0 Å². The van der Waals surface area contributed by atoms with Gasteiger partial charge in [0.05, 0.1) is 0 Å². The van der Waals surface area contributed by atoms with Crippen molar-refractivity contribution in [3.05, 3.63) is 202 Å². The fourth-order valence-corrected chi connectivity index (χ4v) is 9.89. The molecule has 0 aromatic heterocycles. The molecule has 0 aliphatic heterocycles. The molecule has 2 aliphatic rings. The molecule has 0 atom stereocenters. The van der Waals surface area contributed by atoms with Crippen molar-refractivity contribution in [2.24, 2.45) is 0 Å². The minimum Gasteiger partial charge on any atom is -0.0622 e. The molecule has 0 heteroatoms. The zero-order chi connectivity index (χ0) is 41.5. The Kier molecular flexibility index (Phi) is 9.17. The van der Waals surface area contributed by atoms with Crippen molar-refractivity contribution in [3.63, 3.8) is 0 Å². The van der Waals surface area contributed by atoms with E-state index < -0.39 is 0 Å². The van der Waals surface area contributed by atoms with Gasteiger partial charge >= 0.3 is 0 Å². The third-order valence-corrected chi connectivity index (χ3v) is 13.5. The van der Waals surface area contributed by atoms with Crippen LogP contribution in [0.3, 0.4) is 0 Å². The standard InChI is InChI=1S/C59H58/c1-56(2,3)44-34-43(35-45(37-44)57(4,5)6)47-24-18-26-52-55(47)50-30-28-40(36-54(50)59(52,9)10)42(33-41-21-14-15-22-46(41)39-19-12-11-13-20-39)31-38-27-29-49-48-23-16-17-25-51(48)58(7,8)53(49)32-38/h11-30,32-37H,31H2,1-10H3/b42-33-. The Morgan fingerprint density at radius 2 is 1.00 bits per heavy atom. The molecule has 0 saturated heterocycles. The monoisotopic (exact) mass is 766 g/mol. The molecule has 7 aromatic rings. The molecular formula is C59H58. The summed E-state index contributed by atoms with van der Waals surface area (Å²) in [5.41, 5.74) is 24.0. The molecule has 0 radical (unpaired) electrons. The van der Waals surface area contributed by atoms with Crippen LogP contribution in [-0.2, 0) is 28.1 Å². The van der Waals surface area contributed by atoms with Crippen molar-refractivity contribution in [2.45, 2.75) is 97.3 Å². The van der Waals surface area contributed by atoms with E-state index in [1.54, 1.807) is 0 Å². The summed E-state index contributed by atoms with van der Waals surface area (Å²) in [6.45, 7) is 23.6. The van der Waals surface area contributed by atoms with Gasteiger partial charge < -0.3 is 0 Å². The predicted molar refractivity (Wildman–Crippen MR) is 254 cm³/mol. The highest BCUT2D eigenvalue weighted by molar-refractivity contribution is 5.95. The highest BCUT2D eigenvalue weighted by Crippen LogP contribution is 2.54. The first-order chi connectivity index (χ1) is 28.0. The Hall–Kier alpha value is -5.72. The first kappa shape index (κ1) is 38.8. The van der Waals surface area contributed by atoms with Gasteiger partial charge in [-0.15, -0.1) is 0 Å². The van der Waals surface area contributed by atoms with Gasteiger partial charge in [-0.2, -0.15) is 0 Å². The molecule has 0 nitrogen and oxygen atoms in total. The lowest BCUT2D eigenvalue weighted by molar-refractivity contribution is 0.569. The van der Waals surface area contributed by atoms with Crippen molar-refractivity contribution in [3.8, 4) is 44.5 Å². The molecule has 294 valence electrons. The first-order valence-electron chi connectivity index (χ1n) is 21.6. The highest BCUT2D eigenvalue weighted by Gasteiger charge is 2.38. The lowest BCUT2D eigenvalue weighted by Gasteiger charge is -2.27. The van der Waals surface area contributed by atoms with E-state index in [-0.39, 0.29) is 21.7 Å². The summed E-state index contributed by atoms with van der Waals surface area (Å²) >= 11 is 0. The molecule has 7 aromatic carbocycles. The number of hydrogen-bond acceptors (Lipinski definition) is 0. The number of hydrogen-bond donors (Lipinski definition) is 0. The van der Waals surface area contributed by atoms with E-state index in [1.165, 1.54) is 100 Å². The quantitative estimate of drug-likeness (QED) is 0.148. The third-order valence-electron chi connectivity index (χ3n) is 13.5. The average molecular weight is 767 g/mol. The molecule has 0 heterocycles. The van der Waals surface area contributed by atoms with Crippen molar-refractivity contribution in [2.75, 3.05) is 0 Å². The number of rotatable bonds is 6. The largest absolute Gasteiger partial charge is 0.0622 e. The van der Waals surface area contributed by atoms with Gasteiger partial charge in [0.2, 0.25) is 0 Å². The van der Waals surface area contributed by atoms with Crippen LogP contribution in [0.4, 0.5) is 0 Å². The highest BCUT2D eigenvalue weighted by atomic mass is 14.4. The fraction of sp³-hybridized carbons (Fsp3) is 0.254. The zero-order valence-corrected chi connectivity index (χ0v) is 36.7. The summed E-state index contributed by atoms with van der Waals surface area (Å²) < 4.78 is 0. The SMILES string of the molecule is CC(C)(C)c1cc(-c2cccc3c2-c2ccc(/C(=C\c4ccccc4-c4ccccc4)Cc4ccc5c(c4)C(C)(C)c4ccccc4-5)cc2C3(C)C)cc(C(C)(C)C)c1. The number of benzene rings is 7. The van der Waals surface area contributed by atoms with E-state index in [0.29, 0.717) is 0 Å². The maximum absolute atomic E-state index is 2.52. The van der Waals surface area contributed by atoms with E-state index in [2.05, 4.69) is 227 Å². The van der Waals surface area contributed by atoms with E-state index in [0.717, 1.165) is 6.42 Å². The second kappa shape index (κ2) is 13.9. The van der Waals surface area contributed by atoms with E-state index in [4.69, 9.17) is 0 Å². The molecule has 0 bridgehead atoms. The lowest BCUT2D eigenvalue weighted by atomic mass is 9.78. The van der Waals surface area contributed by atoms with Crippen LogP contribution in [0.25, 0.3) is 56.2 Å². The second-order valence-corrected chi connectivity index (χ2v) is 20.3. The fourth-order valence-electron chi connectivity index (χ4n) is 9.89. The van der Waals surface area contributed by atoms with E-state index >= 15 is 0 Å². The van der Waals surface area contributed by atoms with Crippen LogP contribution in [0, 0.1) is 0 Å². The summed E-state index contributed by atoms with van der Waals surface area (Å²) in [6, 6.07) is 57.6. The Morgan fingerprint density at radius 1 is 0.441 bits per heavy atom. The van der Waals surface area contributed by atoms with Crippen LogP contribution in [0.15, 0.2) is 152 Å². The summed E-state index contributed by atoms with van der Waals surface area (Å²) in [5, 5.41) is 0. The molecule has 9 rings (SSSR count). The Labute approximate surface area is 353 Å². The third kappa shape index (κ3) is 6.72. The molecule has 2 aliphatic carbocycles. The molecule has 0 amide bonds. The summed E-state index contributed by atoms with van der Waals surface area (Å²) in [5.74, 6) is 0. The Morgan fingerprint density at radius 3 is 1.71 bits per heavy atom. The van der Waals surface area contributed by atoms with Crippen LogP contribution < -0.4 is 0 Å². The minimum absolute atomic E-state index is 0.0421. The van der Waals surface area contributed by atoms with Gasteiger partial charge in [-0.1, -0.05) is 221 Å². The van der Waals surface area contributed by atoms with Gasteiger partial charge in [0.15, 0.2) is 0 Å². The smallest absolute Gasteiger partial charge is 0.0159 e. The van der Waals surface area contributed by atoms with Crippen LogP contribution in [-0.4, -0.2) is 0 Å². The van der Waals surface area contributed by atoms with Gasteiger partial charge in [-0.05, 0) is 123 Å². The molecule has 59 heavy (non-hydrogen) atoms. The van der Waals surface area contributed by atoms with Gasteiger partial charge in [-0.3, -0.25) is 0 Å². The molecular weight excluding hydrogens is 709 g/mol. The molecule has 0 N–H and O–H groups in total. The average Bonchev–Trinajstić information content (AvgIpc) is 3.59. The normalized spacial score (nSPS) is 15.1. The van der Waals surface area contributed by atoms with Gasteiger partial charge in [-0.25, -0.2) is 0 Å². The number of allylic oxidation sites excluding steroid dienone is 1. The molecule has 0 unspecified atom stereocenters. The van der Waals surface area contributed by atoms with Crippen molar-refractivity contribution in [1.82, 2.24) is 0 Å². The Balaban J connectivity index is 1.20. The Bertz CT molecular complexity index is 2760. The molecule has 0 spiro atoms. The van der Waals surface area contributed by atoms with Crippen LogP contribution in [0.5, 0.6) is 0 Å².